The number of rotatable bonds is 21. The van der Waals surface area contributed by atoms with E-state index in [0.717, 1.165) is 11.8 Å². The third kappa shape index (κ3) is 17.4. The highest BCUT2D eigenvalue weighted by Gasteiger charge is 2.16. The minimum atomic E-state index is 1.02. The van der Waals surface area contributed by atoms with Crippen LogP contribution in [-0.2, 0) is 0 Å². The molecule has 0 saturated carbocycles. The van der Waals surface area contributed by atoms with Gasteiger partial charge in [0.05, 0.1) is 0 Å². The summed E-state index contributed by atoms with van der Waals surface area (Å²) in [5.74, 6) is 2.05. The number of hydrogen-bond acceptors (Lipinski definition) is 0. The van der Waals surface area contributed by atoms with E-state index in [2.05, 4.69) is 27.7 Å². The Kier molecular flexibility index (Phi) is 21.3. The van der Waals surface area contributed by atoms with Gasteiger partial charge >= 0.3 is 0 Å². The Morgan fingerprint density at radius 2 is 0.692 bits per heavy atom. The predicted octanol–water partition coefficient (Wildman–Crippen LogP) is 10.1. The van der Waals surface area contributed by atoms with Crippen molar-refractivity contribution in [2.24, 2.45) is 11.8 Å². The lowest BCUT2D eigenvalue weighted by atomic mass is 9.82. The Bertz CT molecular complexity index is 244. The lowest BCUT2D eigenvalue weighted by Gasteiger charge is -2.24. The van der Waals surface area contributed by atoms with Crippen molar-refractivity contribution in [3.05, 3.63) is 0 Å². The van der Waals surface area contributed by atoms with Gasteiger partial charge in [0.15, 0.2) is 0 Å². The van der Waals surface area contributed by atoms with E-state index in [1.54, 1.807) is 6.42 Å². The number of hydrogen-bond donors (Lipinski definition) is 0. The van der Waals surface area contributed by atoms with Gasteiger partial charge in [0.1, 0.15) is 0 Å². The quantitative estimate of drug-likeness (QED) is 0.177. The van der Waals surface area contributed by atoms with Gasteiger partial charge in [-0.1, -0.05) is 150 Å². The van der Waals surface area contributed by atoms with Crippen molar-refractivity contribution in [2.75, 3.05) is 0 Å². The molecule has 0 fully saturated rings. The molecule has 0 nitrogen and oxygen atoms in total. The number of unbranched alkanes of at least 4 members (excludes halogenated alkanes) is 11. The van der Waals surface area contributed by atoms with Crippen LogP contribution in [0.15, 0.2) is 0 Å². The van der Waals surface area contributed by atoms with Gasteiger partial charge in [0.2, 0.25) is 0 Å². The Hall–Kier alpha value is 0. The zero-order valence-electron chi connectivity index (χ0n) is 19.3. The molecule has 0 radical (unpaired) electrons. The van der Waals surface area contributed by atoms with Crippen molar-refractivity contribution in [3.63, 3.8) is 0 Å². The van der Waals surface area contributed by atoms with E-state index >= 15 is 0 Å². The molecule has 0 aliphatic carbocycles. The third-order valence-electron chi connectivity index (χ3n) is 6.26. The minimum absolute atomic E-state index is 1.02. The zero-order chi connectivity index (χ0) is 19.3. The van der Waals surface area contributed by atoms with E-state index in [9.17, 15) is 0 Å². The SMILES string of the molecule is CCCCCCCCC(CCCCCC)CC(CCC)CCCCCC. The van der Waals surface area contributed by atoms with Crippen LogP contribution in [0.4, 0.5) is 0 Å². The van der Waals surface area contributed by atoms with Crippen molar-refractivity contribution >= 4 is 0 Å². The van der Waals surface area contributed by atoms with E-state index in [-0.39, 0.29) is 0 Å². The van der Waals surface area contributed by atoms with E-state index in [1.165, 1.54) is 122 Å². The zero-order valence-corrected chi connectivity index (χ0v) is 19.3. The van der Waals surface area contributed by atoms with Gasteiger partial charge < -0.3 is 0 Å². The average Bonchev–Trinajstić information content (AvgIpc) is 2.64. The monoisotopic (exact) mass is 366 g/mol. The first-order valence-corrected chi connectivity index (χ1v) is 12.8. The molecule has 0 saturated heterocycles. The molecule has 0 aliphatic heterocycles. The predicted molar refractivity (Wildman–Crippen MR) is 122 cm³/mol. The van der Waals surface area contributed by atoms with Crippen molar-refractivity contribution in [1.82, 2.24) is 0 Å². The maximum atomic E-state index is 2.39. The lowest BCUT2D eigenvalue weighted by Crippen LogP contribution is -2.10. The topological polar surface area (TPSA) is 0 Å². The first kappa shape index (κ1) is 26.0. The molecule has 0 heteroatoms. The molecule has 0 bridgehead atoms. The molecule has 2 atom stereocenters. The molecule has 0 N–H and O–H groups in total. The van der Waals surface area contributed by atoms with Gasteiger partial charge in [-0.15, -0.1) is 0 Å². The van der Waals surface area contributed by atoms with Gasteiger partial charge in [-0.05, 0) is 18.3 Å². The van der Waals surface area contributed by atoms with E-state index in [1.807, 2.05) is 0 Å². The van der Waals surface area contributed by atoms with Crippen LogP contribution in [0.3, 0.4) is 0 Å². The molecule has 0 aromatic heterocycles. The second-order valence-corrected chi connectivity index (χ2v) is 9.01. The molecule has 158 valence electrons. The Balaban J connectivity index is 4.23. The summed E-state index contributed by atoms with van der Waals surface area (Å²) in [5.41, 5.74) is 0. The first-order chi connectivity index (χ1) is 12.8. The van der Waals surface area contributed by atoms with E-state index in [4.69, 9.17) is 0 Å². The third-order valence-corrected chi connectivity index (χ3v) is 6.26. The van der Waals surface area contributed by atoms with Crippen LogP contribution in [0.2, 0.25) is 0 Å². The highest BCUT2D eigenvalue weighted by atomic mass is 14.2. The molecule has 0 rings (SSSR count). The first-order valence-electron chi connectivity index (χ1n) is 12.8. The normalized spacial score (nSPS) is 13.8. The summed E-state index contributed by atoms with van der Waals surface area (Å²) in [6.07, 6.45) is 29.2. The Morgan fingerprint density at radius 1 is 0.346 bits per heavy atom. The van der Waals surface area contributed by atoms with Crippen LogP contribution in [0.1, 0.15) is 156 Å². The molecule has 0 aliphatic rings. The highest BCUT2D eigenvalue weighted by Crippen LogP contribution is 2.30. The smallest absolute Gasteiger partial charge is 0.0412 e. The van der Waals surface area contributed by atoms with Gasteiger partial charge in [-0.3, -0.25) is 0 Å². The summed E-state index contributed by atoms with van der Waals surface area (Å²) in [6, 6.07) is 0. The summed E-state index contributed by atoms with van der Waals surface area (Å²) >= 11 is 0. The van der Waals surface area contributed by atoms with Gasteiger partial charge in [0.25, 0.3) is 0 Å². The van der Waals surface area contributed by atoms with Crippen molar-refractivity contribution in [2.45, 2.75) is 156 Å². The summed E-state index contributed by atoms with van der Waals surface area (Å²) in [6.45, 7) is 9.38. The van der Waals surface area contributed by atoms with E-state index < -0.39 is 0 Å². The maximum absolute atomic E-state index is 2.39. The summed E-state index contributed by atoms with van der Waals surface area (Å²) in [5, 5.41) is 0. The van der Waals surface area contributed by atoms with Crippen LogP contribution in [0.25, 0.3) is 0 Å². The van der Waals surface area contributed by atoms with Gasteiger partial charge in [-0.25, -0.2) is 0 Å². The van der Waals surface area contributed by atoms with Crippen LogP contribution in [0, 0.1) is 11.8 Å². The molecular weight excluding hydrogens is 312 g/mol. The molecule has 2 unspecified atom stereocenters. The van der Waals surface area contributed by atoms with Crippen molar-refractivity contribution < 1.29 is 0 Å². The van der Waals surface area contributed by atoms with Crippen LogP contribution in [-0.4, -0.2) is 0 Å². The molecule has 26 heavy (non-hydrogen) atoms. The Labute approximate surface area is 168 Å². The molecular formula is C26H54. The summed E-state index contributed by atoms with van der Waals surface area (Å²) in [4.78, 5) is 0. The van der Waals surface area contributed by atoms with Gasteiger partial charge in [0, 0.05) is 0 Å². The fraction of sp³-hybridized carbons (Fsp3) is 1.00. The van der Waals surface area contributed by atoms with Crippen molar-refractivity contribution in [3.8, 4) is 0 Å². The molecule has 0 aromatic carbocycles. The van der Waals surface area contributed by atoms with Crippen molar-refractivity contribution in [1.29, 1.82) is 0 Å². The summed E-state index contributed by atoms with van der Waals surface area (Å²) < 4.78 is 0. The standard InChI is InChI=1S/C26H54/c1-5-9-12-15-16-19-23-26(22-18-14-11-7-3)24-25(20-8-4)21-17-13-10-6-2/h25-26H,5-24H2,1-4H3. The van der Waals surface area contributed by atoms with Crippen LogP contribution < -0.4 is 0 Å². The van der Waals surface area contributed by atoms with Gasteiger partial charge in [-0.2, -0.15) is 0 Å². The van der Waals surface area contributed by atoms with E-state index in [0.29, 0.717) is 0 Å². The van der Waals surface area contributed by atoms with Crippen LogP contribution in [0.5, 0.6) is 0 Å². The fourth-order valence-corrected chi connectivity index (χ4v) is 4.57. The molecule has 0 spiro atoms. The van der Waals surface area contributed by atoms with Crippen LogP contribution >= 0.6 is 0 Å². The molecule has 0 heterocycles. The largest absolute Gasteiger partial charge is 0.0654 e. The molecule has 0 amide bonds. The maximum Gasteiger partial charge on any atom is -0.0412 e. The highest BCUT2D eigenvalue weighted by molar-refractivity contribution is 4.68. The fourth-order valence-electron chi connectivity index (χ4n) is 4.57. The minimum Gasteiger partial charge on any atom is -0.0654 e. The average molecular weight is 367 g/mol. The Morgan fingerprint density at radius 3 is 1.12 bits per heavy atom. The lowest BCUT2D eigenvalue weighted by molar-refractivity contribution is 0.287. The second-order valence-electron chi connectivity index (χ2n) is 9.01. The summed E-state index contributed by atoms with van der Waals surface area (Å²) in [7, 11) is 0. The second kappa shape index (κ2) is 21.3. The molecule has 0 aromatic rings.